The molecule has 162 valence electrons. The molecule has 0 aromatic heterocycles. The minimum atomic E-state index is -0.736. The van der Waals surface area contributed by atoms with Crippen LogP contribution in [0.15, 0.2) is 64.3 Å². The van der Waals surface area contributed by atoms with Crippen molar-refractivity contribution >= 4 is 29.4 Å². The molecule has 0 bridgehead atoms. The summed E-state index contributed by atoms with van der Waals surface area (Å²) in [4.78, 5) is 26.9. The van der Waals surface area contributed by atoms with E-state index in [9.17, 15) is 9.18 Å². The van der Waals surface area contributed by atoms with Gasteiger partial charge in [-0.25, -0.2) is 0 Å². The van der Waals surface area contributed by atoms with E-state index in [1.54, 1.807) is 49.4 Å². The van der Waals surface area contributed by atoms with Gasteiger partial charge in [0.25, 0.3) is 11.8 Å². The van der Waals surface area contributed by atoms with Crippen LogP contribution in [0.5, 0.6) is 11.5 Å². The lowest BCUT2D eigenvalue weighted by atomic mass is 10.1. The van der Waals surface area contributed by atoms with Crippen molar-refractivity contribution < 1.29 is 23.6 Å². The standard InChI is InChI=1S/C21H20ClFN4O4/c1-13-15(22)8-6-10-17(13)30-21-16(23)11-25-12-27(21)31-18-9-5-4-7-14(18)19(26-29-3)20(28)24-2/h4-11H,12H2,1-3H3,(H,24,28). The van der Waals surface area contributed by atoms with Gasteiger partial charge in [-0.05, 0) is 31.2 Å². The van der Waals surface area contributed by atoms with Crippen molar-refractivity contribution in [2.75, 3.05) is 20.8 Å². The molecule has 0 spiro atoms. The third kappa shape index (κ3) is 4.95. The lowest BCUT2D eigenvalue weighted by Gasteiger charge is -2.27. The molecule has 1 aliphatic rings. The topological polar surface area (TPSA) is 84.8 Å². The zero-order valence-electron chi connectivity index (χ0n) is 17.1. The van der Waals surface area contributed by atoms with Crippen LogP contribution in [0.3, 0.4) is 0 Å². The van der Waals surface area contributed by atoms with Crippen LogP contribution >= 0.6 is 11.6 Å². The predicted octanol–water partition coefficient (Wildman–Crippen LogP) is 3.60. The van der Waals surface area contributed by atoms with Gasteiger partial charge in [0.2, 0.25) is 5.83 Å². The number of benzene rings is 2. The summed E-state index contributed by atoms with van der Waals surface area (Å²) in [6.45, 7) is 1.71. The Kier molecular flexibility index (Phi) is 7.09. The molecule has 0 unspecified atom stereocenters. The summed E-state index contributed by atoms with van der Waals surface area (Å²) in [5.41, 5.74) is 0.956. The first-order valence-corrected chi connectivity index (χ1v) is 9.54. The summed E-state index contributed by atoms with van der Waals surface area (Å²) in [5, 5.41) is 7.88. The molecule has 2 aromatic rings. The number of amides is 1. The molecule has 1 N–H and O–H groups in total. The minimum Gasteiger partial charge on any atom is -0.435 e. The molecule has 31 heavy (non-hydrogen) atoms. The van der Waals surface area contributed by atoms with E-state index in [0.29, 0.717) is 21.9 Å². The fraction of sp³-hybridized carbons (Fsp3) is 0.190. The van der Waals surface area contributed by atoms with Gasteiger partial charge in [-0.1, -0.05) is 35.0 Å². The quantitative estimate of drug-likeness (QED) is 0.519. The van der Waals surface area contributed by atoms with Gasteiger partial charge in [-0.2, -0.15) is 9.45 Å². The van der Waals surface area contributed by atoms with Crippen LogP contribution in [0.4, 0.5) is 4.39 Å². The first-order valence-electron chi connectivity index (χ1n) is 9.17. The van der Waals surface area contributed by atoms with Crippen LogP contribution in [0.2, 0.25) is 5.02 Å². The molecule has 0 fully saturated rings. The summed E-state index contributed by atoms with van der Waals surface area (Å²) in [6, 6.07) is 11.7. The average Bonchev–Trinajstić information content (AvgIpc) is 2.77. The van der Waals surface area contributed by atoms with Crippen molar-refractivity contribution in [2.45, 2.75) is 6.92 Å². The molecule has 1 amide bonds. The highest BCUT2D eigenvalue weighted by molar-refractivity contribution is 6.45. The van der Waals surface area contributed by atoms with Gasteiger partial charge >= 0.3 is 0 Å². The highest BCUT2D eigenvalue weighted by atomic mass is 35.5. The van der Waals surface area contributed by atoms with Crippen LogP contribution < -0.4 is 14.9 Å². The predicted molar refractivity (Wildman–Crippen MR) is 115 cm³/mol. The first-order chi connectivity index (χ1) is 15.0. The molecule has 1 heterocycles. The number of oxime groups is 1. The fourth-order valence-corrected chi connectivity index (χ4v) is 2.86. The third-order valence-electron chi connectivity index (χ3n) is 4.25. The van der Waals surface area contributed by atoms with Crippen molar-refractivity contribution in [1.82, 2.24) is 10.4 Å². The second-order valence-electron chi connectivity index (χ2n) is 6.24. The van der Waals surface area contributed by atoms with E-state index in [4.69, 9.17) is 26.0 Å². The number of rotatable bonds is 7. The third-order valence-corrected chi connectivity index (χ3v) is 4.66. The Bertz CT molecular complexity index is 1070. The maximum absolute atomic E-state index is 14.6. The second-order valence-corrected chi connectivity index (χ2v) is 6.65. The Hall–Kier alpha value is -3.59. The van der Waals surface area contributed by atoms with Crippen molar-refractivity contribution in [2.24, 2.45) is 10.1 Å². The van der Waals surface area contributed by atoms with Gasteiger partial charge in [-0.15, -0.1) is 0 Å². The van der Waals surface area contributed by atoms with Crippen molar-refractivity contribution in [3.63, 3.8) is 0 Å². The van der Waals surface area contributed by atoms with Gasteiger partial charge in [0.1, 0.15) is 19.5 Å². The van der Waals surface area contributed by atoms with Crippen LogP contribution in [0.1, 0.15) is 11.1 Å². The number of hydrogen-bond donors (Lipinski definition) is 1. The van der Waals surface area contributed by atoms with Crippen molar-refractivity contribution in [3.05, 3.63) is 70.3 Å². The van der Waals surface area contributed by atoms with Gasteiger partial charge in [0.05, 0.1) is 11.8 Å². The number of hydrogen-bond acceptors (Lipinski definition) is 7. The van der Waals surface area contributed by atoms with Gasteiger partial charge < -0.3 is 19.7 Å². The number of ether oxygens (including phenoxy) is 1. The van der Waals surface area contributed by atoms with E-state index in [1.807, 2.05) is 0 Å². The van der Waals surface area contributed by atoms with E-state index in [-0.39, 0.29) is 24.0 Å². The lowest BCUT2D eigenvalue weighted by molar-refractivity contribution is -0.114. The molecule has 10 heteroatoms. The molecule has 3 rings (SSSR count). The largest absolute Gasteiger partial charge is 0.435 e. The van der Waals surface area contributed by atoms with Gasteiger partial charge in [0, 0.05) is 17.6 Å². The molecule has 8 nitrogen and oxygen atoms in total. The van der Waals surface area contributed by atoms with Crippen LogP contribution in [-0.4, -0.2) is 43.7 Å². The number of carbonyl (C=O) groups is 1. The molecule has 0 radical (unpaired) electrons. The van der Waals surface area contributed by atoms with E-state index in [2.05, 4.69) is 15.5 Å². The Morgan fingerprint density at radius 1 is 1.23 bits per heavy atom. The highest BCUT2D eigenvalue weighted by Gasteiger charge is 2.26. The molecule has 0 saturated carbocycles. The van der Waals surface area contributed by atoms with Crippen molar-refractivity contribution in [3.8, 4) is 11.5 Å². The van der Waals surface area contributed by atoms with Gasteiger partial charge in [-0.3, -0.25) is 9.79 Å². The van der Waals surface area contributed by atoms with Crippen LogP contribution in [0.25, 0.3) is 0 Å². The summed E-state index contributed by atoms with van der Waals surface area (Å²) in [6.07, 6.45) is 1.04. The number of hydroxylamine groups is 2. The highest BCUT2D eigenvalue weighted by Crippen LogP contribution is 2.30. The summed E-state index contributed by atoms with van der Waals surface area (Å²) >= 11 is 6.14. The molecule has 0 saturated heterocycles. The zero-order valence-corrected chi connectivity index (χ0v) is 17.8. The monoisotopic (exact) mass is 446 g/mol. The fourth-order valence-electron chi connectivity index (χ4n) is 2.69. The number of halogens is 2. The number of nitrogens with zero attached hydrogens (tertiary/aromatic N) is 3. The van der Waals surface area contributed by atoms with Crippen molar-refractivity contribution in [1.29, 1.82) is 0 Å². The zero-order chi connectivity index (χ0) is 22.4. The summed E-state index contributed by atoms with van der Waals surface area (Å²) < 4.78 is 20.4. The number of para-hydroxylation sites is 1. The SMILES string of the molecule is CNC(=O)C(=NOC)c1ccccc1ON1CN=CC(F)=C1Oc1cccc(Cl)c1C. The number of nitrogens with one attached hydrogen (secondary N) is 1. The van der Waals surface area contributed by atoms with E-state index < -0.39 is 11.7 Å². The molecule has 0 aliphatic carbocycles. The van der Waals surface area contributed by atoms with E-state index in [0.717, 1.165) is 11.3 Å². The number of allylic oxidation sites excluding steroid dienone is 1. The Morgan fingerprint density at radius 3 is 2.71 bits per heavy atom. The van der Waals surface area contributed by atoms with Crippen LogP contribution in [0, 0.1) is 6.92 Å². The molecular weight excluding hydrogens is 427 g/mol. The number of aliphatic imine (C=N–C) groups is 1. The Labute approximate surface area is 183 Å². The minimum absolute atomic E-state index is 0.0151. The Balaban J connectivity index is 1.95. The first kappa shape index (κ1) is 22.1. The second kappa shape index (κ2) is 9.94. The van der Waals surface area contributed by atoms with E-state index in [1.165, 1.54) is 14.2 Å². The van der Waals surface area contributed by atoms with Crippen LogP contribution in [-0.2, 0) is 9.63 Å². The summed E-state index contributed by atoms with van der Waals surface area (Å²) in [5.74, 6) is -0.847. The Morgan fingerprint density at radius 2 is 1.97 bits per heavy atom. The lowest BCUT2D eigenvalue weighted by Crippen LogP contribution is -2.35. The molecule has 0 atom stereocenters. The number of carbonyl (C=O) groups excluding carboxylic acids is 1. The number of likely N-dealkylation sites (N-methyl/N-ethyl adjacent to an activating group) is 1. The maximum atomic E-state index is 14.6. The molecule has 1 aliphatic heterocycles. The summed E-state index contributed by atoms with van der Waals surface area (Å²) in [7, 11) is 2.79. The smallest absolute Gasteiger partial charge is 0.273 e. The average molecular weight is 447 g/mol. The normalized spacial score (nSPS) is 13.8. The van der Waals surface area contributed by atoms with Gasteiger partial charge in [0.15, 0.2) is 11.5 Å². The molecular formula is C21H20ClFN4O4. The molecule has 2 aromatic carbocycles. The maximum Gasteiger partial charge on any atom is 0.273 e. The van der Waals surface area contributed by atoms with E-state index >= 15 is 0 Å².